The van der Waals surface area contributed by atoms with Gasteiger partial charge >= 0.3 is 6.16 Å². The molecule has 140 valence electrons. The van der Waals surface area contributed by atoms with Gasteiger partial charge in [-0.25, -0.2) is 4.79 Å². The second-order valence-corrected chi connectivity index (χ2v) is 8.15. The number of nitrogens with zero attached hydrogens (tertiary/aromatic N) is 1. The largest absolute Gasteiger partial charge is 0.507 e. The fourth-order valence-electron chi connectivity index (χ4n) is 3.07. The molecule has 2 heterocycles. The molecule has 0 radical (unpaired) electrons. The maximum atomic E-state index is 12.9. The van der Waals surface area contributed by atoms with Gasteiger partial charge in [0.2, 0.25) is 5.91 Å². The summed E-state index contributed by atoms with van der Waals surface area (Å²) in [6.07, 6.45) is -0.222. The van der Waals surface area contributed by atoms with Crippen molar-refractivity contribution < 1.29 is 24.2 Å². The number of carbonyl (C=O) groups is 3. The standard InChI is InChI=1S/C16H24N2O5S2/c1-4-8(2)12(24)13(19)17-10-6-5-9(3)15-18(14(10)20)11(7-25-15)23-16(21)22/h8-11,15H,4-7H2,1-3H3,(H,17,19)(H,21,22)/t8?,9-,10-,11-,15+/m0/s1. The number of fused-ring (bicyclic) bond motifs is 1. The van der Waals surface area contributed by atoms with E-state index in [0.29, 0.717) is 17.0 Å². The van der Waals surface area contributed by atoms with E-state index in [2.05, 4.69) is 5.32 Å². The zero-order valence-corrected chi connectivity index (χ0v) is 16.2. The smallest absolute Gasteiger partial charge is 0.450 e. The summed E-state index contributed by atoms with van der Waals surface area (Å²) in [5.41, 5.74) is 0. The first-order chi connectivity index (χ1) is 11.8. The van der Waals surface area contributed by atoms with E-state index in [9.17, 15) is 14.4 Å². The molecule has 2 aliphatic heterocycles. The highest BCUT2D eigenvalue weighted by molar-refractivity contribution is 8.00. The number of rotatable bonds is 5. The van der Waals surface area contributed by atoms with E-state index >= 15 is 0 Å². The molecular weight excluding hydrogens is 364 g/mol. The molecule has 2 N–H and O–H groups in total. The number of thioether (sulfide) groups is 1. The predicted octanol–water partition coefficient (Wildman–Crippen LogP) is 2.24. The highest BCUT2D eigenvalue weighted by Gasteiger charge is 2.47. The predicted molar refractivity (Wildman–Crippen MR) is 98.4 cm³/mol. The summed E-state index contributed by atoms with van der Waals surface area (Å²) in [5.74, 6) is -0.145. The van der Waals surface area contributed by atoms with Gasteiger partial charge in [-0.3, -0.25) is 14.5 Å². The van der Waals surface area contributed by atoms with Crippen LogP contribution in [0.15, 0.2) is 0 Å². The molecule has 0 bridgehead atoms. The highest BCUT2D eigenvalue weighted by Crippen LogP contribution is 2.39. The summed E-state index contributed by atoms with van der Waals surface area (Å²) in [5, 5.41) is 11.5. The fourth-order valence-corrected chi connectivity index (χ4v) is 4.75. The van der Waals surface area contributed by atoms with E-state index in [1.165, 1.54) is 16.7 Å². The molecular formula is C16H24N2O5S2. The molecule has 0 spiro atoms. The summed E-state index contributed by atoms with van der Waals surface area (Å²) in [7, 11) is 0. The van der Waals surface area contributed by atoms with E-state index in [-0.39, 0.29) is 23.1 Å². The molecule has 2 fully saturated rings. The number of amides is 2. The van der Waals surface area contributed by atoms with Gasteiger partial charge in [0.05, 0.1) is 16.0 Å². The Balaban J connectivity index is 2.15. The van der Waals surface area contributed by atoms with E-state index in [1.807, 2.05) is 20.8 Å². The summed E-state index contributed by atoms with van der Waals surface area (Å²) >= 11 is 6.71. The van der Waals surface area contributed by atoms with Gasteiger partial charge in [0, 0.05) is 0 Å². The van der Waals surface area contributed by atoms with Crippen LogP contribution in [0.1, 0.15) is 40.0 Å². The van der Waals surface area contributed by atoms with Crippen LogP contribution in [-0.4, -0.2) is 56.2 Å². The van der Waals surface area contributed by atoms with E-state index < -0.39 is 24.3 Å². The molecule has 0 saturated carbocycles. The Kier molecular flexibility index (Phi) is 6.67. The van der Waals surface area contributed by atoms with Crippen LogP contribution in [0.4, 0.5) is 4.79 Å². The first kappa shape index (κ1) is 20.0. The van der Waals surface area contributed by atoms with Crippen molar-refractivity contribution in [3.05, 3.63) is 0 Å². The van der Waals surface area contributed by atoms with E-state index in [4.69, 9.17) is 22.1 Å². The number of ether oxygens (including phenoxy) is 1. The molecule has 25 heavy (non-hydrogen) atoms. The Morgan fingerprint density at radius 1 is 1.48 bits per heavy atom. The number of nitrogens with one attached hydrogen (secondary N) is 1. The Morgan fingerprint density at radius 3 is 2.76 bits per heavy atom. The van der Waals surface area contributed by atoms with Crippen LogP contribution in [0.3, 0.4) is 0 Å². The normalized spacial score (nSPS) is 30.2. The lowest BCUT2D eigenvalue weighted by molar-refractivity contribution is -0.144. The Labute approximate surface area is 156 Å². The lowest BCUT2D eigenvalue weighted by Crippen LogP contribution is -2.53. The molecule has 0 aromatic rings. The van der Waals surface area contributed by atoms with Crippen LogP contribution in [0.25, 0.3) is 0 Å². The molecule has 0 aromatic heterocycles. The van der Waals surface area contributed by atoms with Gasteiger partial charge in [0.1, 0.15) is 6.04 Å². The summed E-state index contributed by atoms with van der Waals surface area (Å²) < 4.78 is 4.87. The van der Waals surface area contributed by atoms with Crippen molar-refractivity contribution in [2.75, 3.05) is 5.75 Å². The molecule has 9 heteroatoms. The van der Waals surface area contributed by atoms with E-state index in [0.717, 1.165) is 12.8 Å². The van der Waals surface area contributed by atoms with Crippen molar-refractivity contribution in [2.24, 2.45) is 11.8 Å². The van der Waals surface area contributed by atoms with Crippen molar-refractivity contribution in [3.63, 3.8) is 0 Å². The SMILES string of the molecule is CCC(C)C(=S)C(=O)N[C@H]1CC[C@H](C)[C@H]2SC[C@H](OC(=O)O)N2C1=O. The molecule has 0 aliphatic carbocycles. The first-order valence-electron chi connectivity index (χ1n) is 8.44. The van der Waals surface area contributed by atoms with Crippen molar-refractivity contribution in [1.82, 2.24) is 10.2 Å². The number of carbonyl (C=O) groups excluding carboxylic acids is 2. The number of hydrogen-bond acceptors (Lipinski definition) is 6. The van der Waals surface area contributed by atoms with Crippen LogP contribution in [0.5, 0.6) is 0 Å². The molecule has 0 aromatic carbocycles. The van der Waals surface area contributed by atoms with Gasteiger partial charge in [-0.15, -0.1) is 11.8 Å². The van der Waals surface area contributed by atoms with Crippen molar-refractivity contribution in [1.29, 1.82) is 0 Å². The van der Waals surface area contributed by atoms with Crippen LogP contribution in [0, 0.1) is 11.8 Å². The van der Waals surface area contributed by atoms with Gasteiger partial charge in [0.25, 0.3) is 5.91 Å². The van der Waals surface area contributed by atoms with Gasteiger partial charge in [-0.05, 0) is 31.1 Å². The lowest BCUT2D eigenvalue weighted by Gasteiger charge is -2.30. The lowest BCUT2D eigenvalue weighted by atomic mass is 10.0. The summed E-state index contributed by atoms with van der Waals surface area (Å²) in [6, 6.07) is -0.708. The Hall–Kier alpha value is -1.35. The highest BCUT2D eigenvalue weighted by atomic mass is 32.2. The maximum Gasteiger partial charge on any atom is 0.507 e. The second kappa shape index (κ2) is 8.35. The fraction of sp³-hybridized carbons (Fsp3) is 0.750. The van der Waals surface area contributed by atoms with Gasteiger partial charge in [-0.2, -0.15) is 0 Å². The third kappa shape index (κ3) is 4.44. The minimum atomic E-state index is -1.41. The first-order valence-corrected chi connectivity index (χ1v) is 9.90. The molecule has 5 atom stereocenters. The van der Waals surface area contributed by atoms with Crippen LogP contribution in [-0.2, 0) is 14.3 Å². The quantitative estimate of drug-likeness (QED) is 0.551. The Morgan fingerprint density at radius 2 is 2.16 bits per heavy atom. The average Bonchev–Trinajstić information content (AvgIpc) is 2.93. The zero-order valence-electron chi connectivity index (χ0n) is 14.6. The molecule has 2 amide bonds. The second-order valence-electron chi connectivity index (χ2n) is 6.56. The molecule has 7 nitrogen and oxygen atoms in total. The Bertz CT molecular complexity index is 571. The van der Waals surface area contributed by atoms with Crippen molar-refractivity contribution in [3.8, 4) is 0 Å². The molecule has 2 saturated heterocycles. The van der Waals surface area contributed by atoms with Crippen molar-refractivity contribution >= 4 is 46.8 Å². The zero-order chi connectivity index (χ0) is 18.7. The molecule has 2 rings (SSSR count). The number of hydrogen-bond donors (Lipinski definition) is 2. The van der Waals surface area contributed by atoms with Gasteiger partial charge in [-0.1, -0.05) is 33.0 Å². The van der Waals surface area contributed by atoms with Crippen LogP contribution < -0.4 is 5.32 Å². The molecule has 1 unspecified atom stereocenters. The van der Waals surface area contributed by atoms with E-state index in [1.54, 1.807) is 0 Å². The maximum absolute atomic E-state index is 12.9. The summed E-state index contributed by atoms with van der Waals surface area (Å²) in [4.78, 5) is 38.0. The minimum absolute atomic E-state index is 0.0343. The molecule has 2 aliphatic rings. The number of thiocarbonyl (C=S) groups is 1. The van der Waals surface area contributed by atoms with Gasteiger partial charge < -0.3 is 15.2 Å². The third-order valence-electron chi connectivity index (χ3n) is 4.77. The van der Waals surface area contributed by atoms with Crippen molar-refractivity contribution in [2.45, 2.75) is 57.7 Å². The van der Waals surface area contributed by atoms with Crippen LogP contribution in [0.2, 0.25) is 0 Å². The van der Waals surface area contributed by atoms with Crippen LogP contribution >= 0.6 is 24.0 Å². The summed E-state index contributed by atoms with van der Waals surface area (Å²) in [6.45, 7) is 5.85. The monoisotopic (exact) mass is 388 g/mol. The third-order valence-corrected chi connectivity index (χ3v) is 6.87. The average molecular weight is 389 g/mol. The number of carboxylic acid groups (broad SMARTS) is 1. The van der Waals surface area contributed by atoms with Gasteiger partial charge in [0.15, 0.2) is 6.23 Å². The minimum Gasteiger partial charge on any atom is -0.450 e. The topological polar surface area (TPSA) is 95.9 Å².